The first-order valence-electron chi connectivity index (χ1n) is 12.1. The van der Waals surface area contributed by atoms with E-state index in [1.807, 2.05) is 38.1 Å². The van der Waals surface area contributed by atoms with Gasteiger partial charge in [-0.3, -0.25) is 4.79 Å². The molecule has 1 saturated heterocycles. The van der Waals surface area contributed by atoms with Gasteiger partial charge in [0.15, 0.2) is 0 Å². The van der Waals surface area contributed by atoms with Gasteiger partial charge < -0.3 is 10.1 Å². The minimum atomic E-state index is -3.66. The van der Waals surface area contributed by atoms with Gasteiger partial charge in [0.2, 0.25) is 15.9 Å². The number of ether oxygens (including phenoxy) is 1. The Morgan fingerprint density at radius 1 is 1.14 bits per heavy atom. The van der Waals surface area contributed by atoms with Crippen LogP contribution in [0.4, 0.5) is 0 Å². The van der Waals surface area contributed by atoms with E-state index in [0.29, 0.717) is 38.0 Å². The average molecular weight is 500 g/mol. The Bertz CT molecular complexity index is 1260. The molecule has 0 spiro atoms. The highest BCUT2D eigenvalue weighted by atomic mass is 32.2. The fourth-order valence-corrected chi connectivity index (χ4v) is 5.78. The van der Waals surface area contributed by atoms with E-state index in [-0.39, 0.29) is 22.8 Å². The summed E-state index contributed by atoms with van der Waals surface area (Å²) in [5.41, 5.74) is 2.38. The number of rotatable bonds is 9. The lowest BCUT2D eigenvalue weighted by Gasteiger charge is -2.30. The Kier molecular flexibility index (Phi) is 7.71. The number of carbonyl (C=O) groups is 1. The van der Waals surface area contributed by atoms with Crippen LogP contribution in [0.25, 0.3) is 11.0 Å². The summed E-state index contributed by atoms with van der Waals surface area (Å²) in [5.74, 6) is 0.549. The molecule has 1 aliphatic heterocycles. The summed E-state index contributed by atoms with van der Waals surface area (Å²) in [5, 5.41) is 11.2. The summed E-state index contributed by atoms with van der Waals surface area (Å²) in [4.78, 5) is 12.9. The molecule has 2 heterocycles. The van der Waals surface area contributed by atoms with Crippen molar-refractivity contribution in [1.82, 2.24) is 24.6 Å². The molecule has 1 amide bonds. The number of benzene rings is 2. The Labute approximate surface area is 206 Å². The van der Waals surface area contributed by atoms with Gasteiger partial charge in [0.1, 0.15) is 11.3 Å². The van der Waals surface area contributed by atoms with Gasteiger partial charge in [-0.1, -0.05) is 24.3 Å². The summed E-state index contributed by atoms with van der Waals surface area (Å²) >= 11 is 0. The van der Waals surface area contributed by atoms with Crippen LogP contribution in [0.5, 0.6) is 5.75 Å². The maximum Gasteiger partial charge on any atom is 0.243 e. The molecule has 0 radical (unpaired) electrons. The largest absolute Gasteiger partial charge is 0.491 e. The van der Waals surface area contributed by atoms with E-state index in [2.05, 4.69) is 22.6 Å². The molecular formula is C25H33N5O4S. The van der Waals surface area contributed by atoms with E-state index >= 15 is 0 Å². The zero-order valence-corrected chi connectivity index (χ0v) is 21.3. The van der Waals surface area contributed by atoms with Gasteiger partial charge in [0.05, 0.1) is 16.5 Å². The maximum absolute atomic E-state index is 13.2. The van der Waals surface area contributed by atoms with Gasteiger partial charge in [-0.15, -0.1) is 5.10 Å². The Morgan fingerprint density at radius 3 is 2.51 bits per heavy atom. The standard InChI is InChI=1S/C25H33N5O4S/c1-4-13-30-24-10-9-22(16-23(24)27-28-30)35(32,33)29-14-11-20(12-15-29)25(31)26-17-19-5-7-21(8-6-19)34-18(2)3/h5-10,16,18,20H,4,11-15,17H2,1-3H3,(H,26,31). The molecule has 0 unspecified atom stereocenters. The average Bonchev–Trinajstić information content (AvgIpc) is 3.25. The van der Waals surface area contributed by atoms with Crippen LogP contribution in [-0.2, 0) is 27.9 Å². The van der Waals surface area contributed by atoms with Crippen molar-refractivity contribution in [2.75, 3.05) is 13.1 Å². The van der Waals surface area contributed by atoms with Crippen LogP contribution >= 0.6 is 0 Å². The predicted molar refractivity (Wildman–Crippen MR) is 133 cm³/mol. The zero-order valence-electron chi connectivity index (χ0n) is 20.5. The van der Waals surface area contributed by atoms with Crippen molar-refractivity contribution in [2.45, 2.75) is 64.1 Å². The first-order valence-corrected chi connectivity index (χ1v) is 13.6. The number of amides is 1. The van der Waals surface area contributed by atoms with E-state index in [1.54, 1.807) is 22.9 Å². The first-order chi connectivity index (χ1) is 16.8. The molecule has 0 saturated carbocycles. The lowest BCUT2D eigenvalue weighted by Crippen LogP contribution is -2.42. The van der Waals surface area contributed by atoms with Crippen LogP contribution < -0.4 is 10.1 Å². The number of nitrogens with one attached hydrogen (secondary N) is 1. The maximum atomic E-state index is 13.2. The third-order valence-corrected chi connectivity index (χ3v) is 8.04. The monoisotopic (exact) mass is 499 g/mol. The van der Waals surface area contributed by atoms with Crippen molar-refractivity contribution in [3.8, 4) is 5.75 Å². The van der Waals surface area contributed by atoms with E-state index in [4.69, 9.17) is 4.74 Å². The molecule has 0 bridgehead atoms. The lowest BCUT2D eigenvalue weighted by molar-refractivity contribution is -0.126. The summed E-state index contributed by atoms with van der Waals surface area (Å²) in [6.07, 6.45) is 2.00. The zero-order chi connectivity index (χ0) is 25.0. The van der Waals surface area contributed by atoms with Crippen molar-refractivity contribution < 1.29 is 17.9 Å². The van der Waals surface area contributed by atoms with Crippen molar-refractivity contribution in [3.05, 3.63) is 48.0 Å². The number of piperidine rings is 1. The molecule has 1 fully saturated rings. The van der Waals surface area contributed by atoms with Gasteiger partial charge in [-0.2, -0.15) is 4.31 Å². The molecule has 2 aromatic carbocycles. The number of nitrogens with zero attached hydrogens (tertiary/aromatic N) is 4. The highest BCUT2D eigenvalue weighted by molar-refractivity contribution is 7.89. The second kappa shape index (κ2) is 10.7. The first kappa shape index (κ1) is 25.1. The normalized spacial score (nSPS) is 15.5. The van der Waals surface area contributed by atoms with Crippen molar-refractivity contribution >= 4 is 27.0 Å². The number of hydrogen-bond acceptors (Lipinski definition) is 6. The predicted octanol–water partition coefficient (Wildman–Crippen LogP) is 3.35. The van der Waals surface area contributed by atoms with Crippen LogP contribution in [0.15, 0.2) is 47.4 Å². The minimum Gasteiger partial charge on any atom is -0.491 e. The van der Waals surface area contributed by atoms with E-state index in [9.17, 15) is 13.2 Å². The second-order valence-electron chi connectivity index (χ2n) is 9.17. The molecule has 9 nitrogen and oxygen atoms in total. The Hall–Kier alpha value is -2.98. The molecule has 1 aliphatic rings. The van der Waals surface area contributed by atoms with Gasteiger partial charge >= 0.3 is 0 Å². The molecule has 1 aromatic heterocycles. The minimum absolute atomic E-state index is 0.0430. The molecule has 3 aromatic rings. The van der Waals surface area contributed by atoms with Crippen molar-refractivity contribution in [3.63, 3.8) is 0 Å². The van der Waals surface area contributed by atoms with Crippen LogP contribution in [-0.4, -0.2) is 52.8 Å². The number of sulfonamides is 1. The number of hydrogen-bond donors (Lipinski definition) is 1. The molecule has 1 N–H and O–H groups in total. The van der Waals surface area contributed by atoms with Crippen LogP contribution in [0.2, 0.25) is 0 Å². The molecule has 188 valence electrons. The van der Waals surface area contributed by atoms with Gasteiger partial charge in [-0.25, -0.2) is 13.1 Å². The lowest BCUT2D eigenvalue weighted by atomic mass is 9.97. The Balaban J connectivity index is 1.32. The fraction of sp³-hybridized carbons (Fsp3) is 0.480. The highest BCUT2D eigenvalue weighted by Crippen LogP contribution is 2.26. The van der Waals surface area contributed by atoms with Gasteiger partial charge in [-0.05, 0) is 69.0 Å². The van der Waals surface area contributed by atoms with Gasteiger partial charge in [0.25, 0.3) is 0 Å². The van der Waals surface area contributed by atoms with E-state index < -0.39 is 10.0 Å². The number of aromatic nitrogens is 3. The molecular weight excluding hydrogens is 466 g/mol. The third kappa shape index (κ3) is 5.82. The third-order valence-electron chi connectivity index (χ3n) is 6.15. The molecule has 4 rings (SSSR count). The molecule has 35 heavy (non-hydrogen) atoms. The van der Waals surface area contributed by atoms with E-state index in [0.717, 1.165) is 29.8 Å². The molecule has 0 atom stereocenters. The quantitative estimate of drug-likeness (QED) is 0.484. The highest BCUT2D eigenvalue weighted by Gasteiger charge is 2.32. The SMILES string of the molecule is CCCn1nnc2cc(S(=O)(=O)N3CCC(C(=O)NCc4ccc(OC(C)C)cc4)CC3)ccc21. The topological polar surface area (TPSA) is 106 Å². The Morgan fingerprint density at radius 2 is 1.86 bits per heavy atom. The van der Waals surface area contributed by atoms with Crippen molar-refractivity contribution in [1.29, 1.82) is 0 Å². The van der Waals surface area contributed by atoms with Crippen LogP contribution in [0, 0.1) is 5.92 Å². The van der Waals surface area contributed by atoms with Crippen LogP contribution in [0.3, 0.4) is 0 Å². The number of fused-ring (bicyclic) bond motifs is 1. The van der Waals surface area contributed by atoms with Crippen molar-refractivity contribution in [2.24, 2.45) is 5.92 Å². The summed E-state index contributed by atoms with van der Waals surface area (Å²) < 4.78 is 35.3. The molecule has 0 aliphatic carbocycles. The summed E-state index contributed by atoms with van der Waals surface area (Å²) in [7, 11) is -3.66. The second-order valence-corrected chi connectivity index (χ2v) is 11.1. The number of aryl methyl sites for hydroxylation is 1. The smallest absolute Gasteiger partial charge is 0.243 e. The van der Waals surface area contributed by atoms with E-state index in [1.165, 1.54) is 4.31 Å². The summed E-state index contributed by atoms with van der Waals surface area (Å²) in [6.45, 7) is 7.78. The fourth-order valence-electron chi connectivity index (χ4n) is 4.29. The molecule has 10 heteroatoms. The number of carbonyl (C=O) groups excluding carboxylic acids is 1. The van der Waals surface area contributed by atoms with Gasteiger partial charge in [0, 0.05) is 32.1 Å². The summed E-state index contributed by atoms with van der Waals surface area (Å²) in [6, 6.07) is 12.6. The van der Waals surface area contributed by atoms with Crippen LogP contribution in [0.1, 0.15) is 45.6 Å².